The molecule has 9 heteroatoms. The van der Waals surface area contributed by atoms with Crippen molar-refractivity contribution in [3.8, 4) is 0 Å². The van der Waals surface area contributed by atoms with Gasteiger partial charge in [0.2, 0.25) is 0 Å². The summed E-state index contributed by atoms with van der Waals surface area (Å²) in [5, 5.41) is 9.73. The maximum Gasteiger partial charge on any atom is 0.305 e. The monoisotopic (exact) mass is 711 g/mol. The van der Waals surface area contributed by atoms with E-state index in [9.17, 15) is 19.5 Å². The number of aliphatic hydroxyl groups excluding tert-OH is 1. The van der Waals surface area contributed by atoms with Crippen molar-refractivity contribution in [3.05, 3.63) is 24.3 Å². The van der Waals surface area contributed by atoms with Gasteiger partial charge in [-0.3, -0.25) is 14.4 Å². The molecule has 1 unspecified atom stereocenters. The molecule has 1 atom stereocenters. The predicted octanol–water partition coefficient (Wildman–Crippen LogP) is 9.58. The predicted molar refractivity (Wildman–Crippen MR) is 201 cm³/mol. The van der Waals surface area contributed by atoms with Crippen LogP contribution in [0.1, 0.15) is 163 Å². The zero-order valence-corrected chi connectivity index (χ0v) is 32.3. The molecule has 0 saturated carbocycles. The molecule has 0 bridgehead atoms. The molecule has 0 rings (SSSR count). The highest BCUT2D eigenvalue weighted by Gasteiger charge is 2.17. The highest BCUT2D eigenvalue weighted by Crippen LogP contribution is 2.20. The van der Waals surface area contributed by atoms with Gasteiger partial charge in [0.1, 0.15) is 0 Å². The van der Waals surface area contributed by atoms with Crippen LogP contribution in [0.2, 0.25) is 0 Å². The summed E-state index contributed by atoms with van der Waals surface area (Å²) in [6.07, 6.45) is 26.4. The van der Waals surface area contributed by atoms with Gasteiger partial charge in [-0.2, -0.15) is 0 Å². The third-order valence-corrected chi connectivity index (χ3v) is 8.48. The van der Waals surface area contributed by atoms with Gasteiger partial charge in [0.15, 0.2) is 6.29 Å². The summed E-state index contributed by atoms with van der Waals surface area (Å²) in [6, 6.07) is 0. The molecule has 0 aromatic carbocycles. The van der Waals surface area contributed by atoms with Gasteiger partial charge in [0.25, 0.3) is 0 Å². The minimum absolute atomic E-state index is 0.0440. The average molecular weight is 711 g/mol. The number of aliphatic hydroxyl groups is 1. The zero-order chi connectivity index (χ0) is 36.9. The number of ether oxygens (including phenoxy) is 5. The van der Waals surface area contributed by atoms with Crippen molar-refractivity contribution in [2.45, 2.75) is 169 Å². The molecule has 0 aromatic rings. The Morgan fingerprint density at radius 3 is 1.50 bits per heavy atom. The number of esters is 3. The molecule has 9 nitrogen and oxygen atoms in total. The van der Waals surface area contributed by atoms with E-state index in [0.717, 1.165) is 57.8 Å². The van der Waals surface area contributed by atoms with Gasteiger partial charge in [-0.1, -0.05) is 90.5 Å². The molecule has 1 N–H and O–H groups in total. The summed E-state index contributed by atoms with van der Waals surface area (Å²) in [7, 11) is 0. The van der Waals surface area contributed by atoms with Gasteiger partial charge >= 0.3 is 17.9 Å². The van der Waals surface area contributed by atoms with Crippen molar-refractivity contribution in [1.82, 2.24) is 0 Å². The first-order valence-corrected chi connectivity index (χ1v) is 20.0. The number of allylic oxidation sites excluding steroid dienone is 4. The summed E-state index contributed by atoms with van der Waals surface area (Å²) in [4.78, 5) is 36.9. The molecule has 0 heterocycles. The normalized spacial score (nSPS) is 12.4. The second-order valence-corrected chi connectivity index (χ2v) is 13.2. The minimum Gasteiger partial charge on any atom is -0.466 e. The second kappa shape index (κ2) is 36.6. The number of unbranched alkanes of at least 4 members (excludes halogenated alkanes) is 7. The van der Waals surface area contributed by atoms with E-state index in [1.807, 2.05) is 0 Å². The lowest BCUT2D eigenvalue weighted by molar-refractivity contribution is -0.161. The molecular formula is C41H74O9. The molecule has 0 aliphatic heterocycles. The van der Waals surface area contributed by atoms with Crippen LogP contribution in [0, 0.1) is 11.8 Å². The fourth-order valence-corrected chi connectivity index (χ4v) is 5.27. The van der Waals surface area contributed by atoms with Gasteiger partial charge in [0, 0.05) is 32.5 Å². The molecule has 0 aliphatic rings. The summed E-state index contributed by atoms with van der Waals surface area (Å²) >= 11 is 0. The largest absolute Gasteiger partial charge is 0.466 e. The topological polar surface area (TPSA) is 118 Å². The van der Waals surface area contributed by atoms with E-state index < -0.39 is 24.1 Å². The van der Waals surface area contributed by atoms with Crippen molar-refractivity contribution < 1.29 is 43.2 Å². The average Bonchev–Trinajstić information content (AvgIpc) is 3.12. The first-order chi connectivity index (χ1) is 24.4. The maximum absolute atomic E-state index is 12.5. The molecule has 292 valence electrons. The van der Waals surface area contributed by atoms with Crippen LogP contribution in [0.5, 0.6) is 0 Å². The van der Waals surface area contributed by atoms with Crippen LogP contribution >= 0.6 is 0 Å². The van der Waals surface area contributed by atoms with E-state index in [1.165, 1.54) is 38.5 Å². The quantitative estimate of drug-likeness (QED) is 0.0223. The summed E-state index contributed by atoms with van der Waals surface area (Å²) < 4.78 is 28.1. The third kappa shape index (κ3) is 31.7. The Bertz CT molecular complexity index is 825. The SMILES string of the molecule is CC/C=C\CCCCOC(CCC(=O)OCC(CO)COC(=O)CCCCC(=O)OCCC(CCCC)CCCC)OCCCC/C=C\CC. The van der Waals surface area contributed by atoms with Gasteiger partial charge in [-0.05, 0) is 76.5 Å². The number of rotatable bonds is 36. The Labute approximate surface area is 305 Å². The van der Waals surface area contributed by atoms with Crippen molar-refractivity contribution >= 4 is 17.9 Å². The van der Waals surface area contributed by atoms with Gasteiger partial charge < -0.3 is 28.8 Å². The fraction of sp³-hybridized carbons (Fsp3) is 0.829. The third-order valence-electron chi connectivity index (χ3n) is 8.48. The van der Waals surface area contributed by atoms with Crippen molar-refractivity contribution in [1.29, 1.82) is 0 Å². The molecule has 0 radical (unpaired) electrons. The van der Waals surface area contributed by atoms with Gasteiger partial charge in [0.05, 0.1) is 38.8 Å². The van der Waals surface area contributed by atoms with E-state index in [-0.39, 0.29) is 45.1 Å². The molecular weight excluding hydrogens is 636 g/mol. The van der Waals surface area contributed by atoms with Crippen molar-refractivity contribution in [2.24, 2.45) is 11.8 Å². The number of carbonyl (C=O) groups excluding carboxylic acids is 3. The maximum atomic E-state index is 12.5. The second-order valence-electron chi connectivity index (χ2n) is 13.2. The molecule has 0 fully saturated rings. The fourth-order valence-electron chi connectivity index (χ4n) is 5.27. The first-order valence-electron chi connectivity index (χ1n) is 20.0. The standard InChI is InChI=1S/C41H74O9/c1-5-9-13-15-17-21-30-47-41(48-31-22-18-16-14-10-6-2)28-27-40(45)50-35-37(33-42)34-49-39(44)26-20-19-25-38(43)46-32-29-36(23-11-7-3)24-12-8-4/h9-10,13-14,36-37,41-42H,5-8,11-12,15-35H2,1-4H3/b13-9-,14-10-. The van der Waals surface area contributed by atoms with E-state index in [2.05, 4.69) is 52.0 Å². The van der Waals surface area contributed by atoms with Crippen LogP contribution in [0.25, 0.3) is 0 Å². The van der Waals surface area contributed by atoms with Crippen LogP contribution in [-0.4, -0.2) is 68.9 Å². The lowest BCUT2D eigenvalue weighted by Gasteiger charge is -2.19. The Morgan fingerprint density at radius 2 is 1.02 bits per heavy atom. The lowest BCUT2D eigenvalue weighted by Crippen LogP contribution is -2.25. The van der Waals surface area contributed by atoms with E-state index in [0.29, 0.717) is 45.0 Å². The van der Waals surface area contributed by atoms with Gasteiger partial charge in [-0.15, -0.1) is 0 Å². The molecule has 0 amide bonds. The number of carbonyl (C=O) groups is 3. The Kier molecular flexibility index (Phi) is 34.9. The zero-order valence-electron chi connectivity index (χ0n) is 32.3. The Hall–Kier alpha value is -2.23. The van der Waals surface area contributed by atoms with Crippen molar-refractivity contribution in [2.75, 3.05) is 39.6 Å². The molecule has 0 aliphatic carbocycles. The summed E-state index contributed by atoms with van der Waals surface area (Å²) in [5.41, 5.74) is 0. The van der Waals surface area contributed by atoms with E-state index >= 15 is 0 Å². The molecule has 0 spiro atoms. The molecule has 0 saturated heterocycles. The van der Waals surface area contributed by atoms with Gasteiger partial charge in [-0.25, -0.2) is 0 Å². The smallest absolute Gasteiger partial charge is 0.305 e. The van der Waals surface area contributed by atoms with E-state index in [1.54, 1.807) is 0 Å². The van der Waals surface area contributed by atoms with E-state index in [4.69, 9.17) is 23.7 Å². The van der Waals surface area contributed by atoms with Crippen LogP contribution < -0.4 is 0 Å². The number of hydrogen-bond donors (Lipinski definition) is 1. The van der Waals surface area contributed by atoms with Crippen LogP contribution in [0.4, 0.5) is 0 Å². The van der Waals surface area contributed by atoms with Crippen LogP contribution in [0.15, 0.2) is 24.3 Å². The van der Waals surface area contributed by atoms with Crippen LogP contribution in [0.3, 0.4) is 0 Å². The highest BCUT2D eigenvalue weighted by atomic mass is 16.7. The number of hydrogen-bond acceptors (Lipinski definition) is 9. The Balaban J connectivity index is 4.32. The molecule has 0 aromatic heterocycles. The lowest BCUT2D eigenvalue weighted by atomic mass is 9.93. The molecule has 50 heavy (non-hydrogen) atoms. The van der Waals surface area contributed by atoms with Crippen molar-refractivity contribution in [3.63, 3.8) is 0 Å². The Morgan fingerprint density at radius 1 is 0.520 bits per heavy atom. The minimum atomic E-state index is -0.511. The summed E-state index contributed by atoms with van der Waals surface area (Å²) in [6.45, 7) is 9.87. The van der Waals surface area contributed by atoms with Crippen LogP contribution in [-0.2, 0) is 38.1 Å². The highest BCUT2D eigenvalue weighted by molar-refractivity contribution is 5.70. The first kappa shape index (κ1) is 47.8. The summed E-state index contributed by atoms with van der Waals surface area (Å²) in [5.74, 6) is -0.932.